The number of rotatable bonds is 4. The van der Waals surface area contributed by atoms with Gasteiger partial charge in [-0.05, 0) is 32.0 Å². The number of nitro groups is 1. The van der Waals surface area contributed by atoms with Crippen molar-refractivity contribution in [3.63, 3.8) is 0 Å². The third-order valence-corrected chi connectivity index (χ3v) is 3.67. The normalized spacial score (nSPS) is 16.2. The van der Waals surface area contributed by atoms with Crippen LogP contribution in [0.4, 0.5) is 5.69 Å². The predicted octanol–water partition coefficient (Wildman–Crippen LogP) is 2.04. The van der Waals surface area contributed by atoms with Crippen LogP contribution in [0, 0.1) is 10.1 Å². The van der Waals surface area contributed by atoms with Crippen molar-refractivity contribution in [3.8, 4) is 0 Å². The zero-order valence-corrected chi connectivity index (χ0v) is 10.7. The molecular formula is C13H16N4O2. The van der Waals surface area contributed by atoms with E-state index in [0.717, 1.165) is 37.1 Å². The maximum atomic E-state index is 10.8. The molecule has 1 fully saturated rings. The molecule has 0 N–H and O–H groups in total. The second-order valence-corrected chi connectivity index (χ2v) is 4.92. The number of hydrogen-bond acceptors (Lipinski definition) is 4. The summed E-state index contributed by atoms with van der Waals surface area (Å²) in [4.78, 5) is 12.9. The van der Waals surface area contributed by atoms with E-state index in [-0.39, 0.29) is 10.6 Å². The molecule has 0 spiro atoms. The Labute approximate surface area is 110 Å². The minimum Gasteiger partial charge on any atom is -0.301 e. The molecule has 100 valence electrons. The van der Waals surface area contributed by atoms with Crippen LogP contribution in [0.1, 0.15) is 12.8 Å². The van der Waals surface area contributed by atoms with Crippen LogP contribution in [0.25, 0.3) is 10.9 Å². The molecule has 0 bridgehead atoms. The molecule has 0 saturated carbocycles. The SMILES string of the molecule is O=[N+]([O-])c1ccc2cnn(CCN3CCCC3)c2c1. The fourth-order valence-electron chi connectivity index (χ4n) is 2.59. The molecule has 1 aliphatic rings. The number of nitrogens with zero attached hydrogens (tertiary/aromatic N) is 4. The molecular weight excluding hydrogens is 244 g/mol. The first kappa shape index (κ1) is 12.1. The van der Waals surface area contributed by atoms with Gasteiger partial charge in [0.2, 0.25) is 0 Å². The highest BCUT2D eigenvalue weighted by Gasteiger charge is 2.13. The van der Waals surface area contributed by atoms with Gasteiger partial charge in [-0.3, -0.25) is 14.8 Å². The predicted molar refractivity (Wildman–Crippen MR) is 72.1 cm³/mol. The molecule has 0 aliphatic carbocycles. The summed E-state index contributed by atoms with van der Waals surface area (Å²) in [6.45, 7) is 4.04. The summed E-state index contributed by atoms with van der Waals surface area (Å²) in [7, 11) is 0. The second kappa shape index (κ2) is 4.97. The molecule has 1 aliphatic heterocycles. The van der Waals surface area contributed by atoms with Gasteiger partial charge in [-0.2, -0.15) is 5.10 Å². The minimum atomic E-state index is -0.364. The van der Waals surface area contributed by atoms with Crippen molar-refractivity contribution in [2.24, 2.45) is 0 Å². The third-order valence-electron chi connectivity index (χ3n) is 3.67. The average molecular weight is 260 g/mol. The minimum absolute atomic E-state index is 0.121. The summed E-state index contributed by atoms with van der Waals surface area (Å²) in [6.07, 6.45) is 4.31. The average Bonchev–Trinajstić information content (AvgIpc) is 3.05. The van der Waals surface area contributed by atoms with Gasteiger partial charge in [-0.1, -0.05) is 0 Å². The Bertz CT molecular complexity index is 602. The number of likely N-dealkylation sites (tertiary alicyclic amines) is 1. The molecule has 0 atom stereocenters. The van der Waals surface area contributed by atoms with Crippen LogP contribution >= 0.6 is 0 Å². The van der Waals surface area contributed by atoms with Crippen molar-refractivity contribution in [3.05, 3.63) is 34.5 Å². The van der Waals surface area contributed by atoms with Crippen LogP contribution in [0.5, 0.6) is 0 Å². The van der Waals surface area contributed by atoms with Gasteiger partial charge < -0.3 is 4.90 Å². The molecule has 6 nitrogen and oxygen atoms in total. The Kier molecular flexibility index (Phi) is 3.16. The fourth-order valence-corrected chi connectivity index (χ4v) is 2.59. The Morgan fingerprint density at radius 3 is 2.79 bits per heavy atom. The Balaban J connectivity index is 1.81. The Morgan fingerprint density at radius 1 is 1.26 bits per heavy atom. The molecule has 2 heterocycles. The fraction of sp³-hybridized carbons (Fsp3) is 0.462. The number of benzene rings is 1. The topological polar surface area (TPSA) is 64.2 Å². The van der Waals surface area contributed by atoms with E-state index in [1.165, 1.54) is 18.9 Å². The first-order chi connectivity index (χ1) is 9.24. The van der Waals surface area contributed by atoms with Crippen LogP contribution < -0.4 is 0 Å². The van der Waals surface area contributed by atoms with Gasteiger partial charge in [0.1, 0.15) is 0 Å². The van der Waals surface area contributed by atoms with Gasteiger partial charge in [0.05, 0.1) is 23.2 Å². The lowest BCUT2D eigenvalue weighted by Gasteiger charge is -2.14. The largest absolute Gasteiger partial charge is 0.301 e. The number of non-ortho nitro benzene ring substituents is 1. The highest BCUT2D eigenvalue weighted by molar-refractivity contribution is 5.80. The summed E-state index contributed by atoms with van der Waals surface area (Å²) in [6, 6.07) is 4.88. The van der Waals surface area contributed by atoms with E-state index in [1.54, 1.807) is 18.3 Å². The maximum absolute atomic E-state index is 10.8. The van der Waals surface area contributed by atoms with Gasteiger partial charge in [0, 0.05) is 24.1 Å². The highest BCUT2D eigenvalue weighted by atomic mass is 16.6. The van der Waals surface area contributed by atoms with Crippen molar-refractivity contribution in [2.75, 3.05) is 19.6 Å². The molecule has 6 heteroatoms. The Morgan fingerprint density at radius 2 is 2.05 bits per heavy atom. The van der Waals surface area contributed by atoms with Crippen molar-refractivity contribution >= 4 is 16.6 Å². The van der Waals surface area contributed by atoms with E-state index in [1.807, 2.05) is 4.68 Å². The standard InChI is InChI=1S/C13H16N4O2/c18-17(19)12-4-3-11-10-14-16(13(11)9-12)8-7-15-5-1-2-6-15/h3-4,9-10H,1-2,5-8H2. The van der Waals surface area contributed by atoms with Crippen molar-refractivity contribution in [1.82, 2.24) is 14.7 Å². The first-order valence-electron chi connectivity index (χ1n) is 6.56. The number of hydrogen-bond donors (Lipinski definition) is 0. The second-order valence-electron chi connectivity index (χ2n) is 4.92. The van der Waals surface area contributed by atoms with Gasteiger partial charge in [-0.15, -0.1) is 0 Å². The molecule has 0 amide bonds. The smallest absolute Gasteiger partial charge is 0.271 e. The van der Waals surface area contributed by atoms with E-state index in [4.69, 9.17) is 0 Å². The summed E-state index contributed by atoms with van der Waals surface area (Å²) in [5.74, 6) is 0. The van der Waals surface area contributed by atoms with Gasteiger partial charge >= 0.3 is 0 Å². The molecule has 1 saturated heterocycles. The molecule has 1 aromatic carbocycles. The number of nitro benzene ring substituents is 1. The van der Waals surface area contributed by atoms with E-state index < -0.39 is 0 Å². The maximum Gasteiger partial charge on any atom is 0.271 e. The first-order valence-corrected chi connectivity index (χ1v) is 6.56. The highest BCUT2D eigenvalue weighted by Crippen LogP contribution is 2.20. The summed E-state index contributed by atoms with van der Waals surface area (Å²) in [5.41, 5.74) is 0.962. The van der Waals surface area contributed by atoms with E-state index in [9.17, 15) is 10.1 Å². The van der Waals surface area contributed by atoms with Crippen molar-refractivity contribution in [2.45, 2.75) is 19.4 Å². The molecule has 0 radical (unpaired) electrons. The monoisotopic (exact) mass is 260 g/mol. The van der Waals surface area contributed by atoms with Crippen molar-refractivity contribution in [1.29, 1.82) is 0 Å². The molecule has 2 aromatic rings. The lowest BCUT2D eigenvalue weighted by molar-refractivity contribution is -0.384. The van der Waals surface area contributed by atoms with Gasteiger partial charge in [-0.25, -0.2) is 0 Å². The molecule has 3 rings (SSSR count). The van der Waals surface area contributed by atoms with Crippen LogP contribution in [0.3, 0.4) is 0 Å². The van der Waals surface area contributed by atoms with Gasteiger partial charge in [0.15, 0.2) is 0 Å². The molecule has 19 heavy (non-hydrogen) atoms. The van der Waals surface area contributed by atoms with E-state index in [2.05, 4.69) is 10.00 Å². The van der Waals surface area contributed by atoms with E-state index in [0.29, 0.717) is 0 Å². The van der Waals surface area contributed by atoms with E-state index >= 15 is 0 Å². The summed E-state index contributed by atoms with van der Waals surface area (Å²) >= 11 is 0. The Hall–Kier alpha value is -1.95. The lowest BCUT2D eigenvalue weighted by atomic mass is 10.2. The van der Waals surface area contributed by atoms with Crippen LogP contribution in [0.15, 0.2) is 24.4 Å². The molecule has 0 unspecified atom stereocenters. The van der Waals surface area contributed by atoms with Gasteiger partial charge in [0.25, 0.3) is 5.69 Å². The van der Waals surface area contributed by atoms with Crippen molar-refractivity contribution < 1.29 is 4.92 Å². The number of fused-ring (bicyclic) bond motifs is 1. The van der Waals surface area contributed by atoms with Crippen LogP contribution in [-0.2, 0) is 6.54 Å². The number of aromatic nitrogens is 2. The summed E-state index contributed by atoms with van der Waals surface area (Å²) in [5, 5.41) is 16.1. The molecule has 1 aromatic heterocycles. The van der Waals surface area contributed by atoms with Crippen LogP contribution in [-0.4, -0.2) is 39.2 Å². The third kappa shape index (κ3) is 2.44. The lowest BCUT2D eigenvalue weighted by Crippen LogP contribution is -2.24. The summed E-state index contributed by atoms with van der Waals surface area (Å²) < 4.78 is 1.86. The zero-order chi connectivity index (χ0) is 13.2. The van der Waals surface area contributed by atoms with Crippen LogP contribution in [0.2, 0.25) is 0 Å². The zero-order valence-electron chi connectivity index (χ0n) is 10.7. The quantitative estimate of drug-likeness (QED) is 0.623.